The summed E-state index contributed by atoms with van der Waals surface area (Å²) in [5, 5.41) is 5.16. The standard InChI is InChI=1S/C14H16ClN3.C12H15NO3/c1-17-9-13(15)14(16-17)10-18-7-6-11-4-2-3-5-12(11)8-18;1-15-11-5-9-3-4-13(8-14)7-10(9)6-12(11)16-2/h2-5,9H,6-8,10H2,1H3;5-6,8H,3-4,7H2,1-2H3. The second-order valence-corrected chi connectivity index (χ2v) is 9.04. The summed E-state index contributed by atoms with van der Waals surface area (Å²) < 4.78 is 12.3. The first-order chi connectivity index (χ1) is 16.5. The van der Waals surface area contributed by atoms with Crippen LogP contribution in [0, 0.1) is 0 Å². The summed E-state index contributed by atoms with van der Waals surface area (Å²) in [7, 11) is 5.15. The van der Waals surface area contributed by atoms with Crippen LogP contribution in [0.15, 0.2) is 42.6 Å². The Morgan fingerprint density at radius 1 is 0.971 bits per heavy atom. The van der Waals surface area contributed by atoms with Gasteiger partial charge in [-0.2, -0.15) is 5.10 Å². The lowest BCUT2D eigenvalue weighted by molar-refractivity contribution is -0.118. The third-order valence-electron chi connectivity index (χ3n) is 6.33. The number of amides is 1. The van der Waals surface area contributed by atoms with Gasteiger partial charge in [-0.3, -0.25) is 14.4 Å². The van der Waals surface area contributed by atoms with Crippen molar-refractivity contribution in [2.24, 2.45) is 7.05 Å². The summed E-state index contributed by atoms with van der Waals surface area (Å²) in [6.07, 6.45) is 4.73. The molecule has 0 fully saturated rings. The van der Waals surface area contributed by atoms with E-state index < -0.39 is 0 Å². The van der Waals surface area contributed by atoms with Gasteiger partial charge in [0.15, 0.2) is 11.5 Å². The zero-order valence-electron chi connectivity index (χ0n) is 20.0. The van der Waals surface area contributed by atoms with Crippen molar-refractivity contribution in [1.82, 2.24) is 19.6 Å². The molecule has 7 nitrogen and oxygen atoms in total. The molecule has 0 atom stereocenters. The molecular formula is C26H31ClN4O3. The van der Waals surface area contributed by atoms with Gasteiger partial charge >= 0.3 is 0 Å². The fourth-order valence-corrected chi connectivity index (χ4v) is 4.75. The molecule has 0 saturated carbocycles. The Bertz CT molecular complexity index is 1150. The Kier molecular flexibility index (Phi) is 7.75. The number of carbonyl (C=O) groups excluding carboxylic acids is 1. The maximum absolute atomic E-state index is 10.7. The number of halogens is 1. The van der Waals surface area contributed by atoms with Crippen molar-refractivity contribution in [3.05, 3.63) is 75.6 Å². The van der Waals surface area contributed by atoms with Crippen LogP contribution in [0.2, 0.25) is 5.02 Å². The molecule has 0 saturated heterocycles. The van der Waals surface area contributed by atoms with Crippen molar-refractivity contribution < 1.29 is 14.3 Å². The second-order valence-electron chi connectivity index (χ2n) is 8.63. The number of benzene rings is 2. The Balaban J connectivity index is 0.000000162. The Morgan fingerprint density at radius 3 is 2.29 bits per heavy atom. The zero-order chi connectivity index (χ0) is 24.1. The van der Waals surface area contributed by atoms with Gasteiger partial charge in [0.1, 0.15) is 0 Å². The minimum Gasteiger partial charge on any atom is -0.493 e. The molecule has 0 bridgehead atoms. The molecule has 2 aromatic carbocycles. The summed E-state index contributed by atoms with van der Waals surface area (Å²) in [6.45, 7) is 4.31. The molecule has 5 rings (SSSR count). The molecule has 1 aromatic heterocycles. The van der Waals surface area contributed by atoms with Crippen molar-refractivity contribution in [1.29, 1.82) is 0 Å². The van der Waals surface area contributed by atoms with Crippen LogP contribution in [0.1, 0.15) is 27.9 Å². The van der Waals surface area contributed by atoms with Gasteiger partial charge < -0.3 is 14.4 Å². The summed E-state index contributed by atoms with van der Waals surface area (Å²) in [6, 6.07) is 12.6. The lowest BCUT2D eigenvalue weighted by Crippen LogP contribution is -2.30. The van der Waals surface area contributed by atoms with E-state index in [-0.39, 0.29) is 0 Å². The zero-order valence-corrected chi connectivity index (χ0v) is 20.7. The number of aryl methyl sites for hydroxylation is 1. The van der Waals surface area contributed by atoms with Crippen LogP contribution in [0.25, 0.3) is 0 Å². The predicted octanol–water partition coefficient (Wildman–Crippen LogP) is 3.85. The van der Waals surface area contributed by atoms with Crippen molar-refractivity contribution >= 4 is 18.0 Å². The average Bonchev–Trinajstić information content (AvgIpc) is 3.19. The minimum absolute atomic E-state index is 0.652. The molecule has 2 aliphatic rings. The number of hydrogen-bond donors (Lipinski definition) is 0. The highest BCUT2D eigenvalue weighted by Gasteiger charge is 2.19. The van der Waals surface area contributed by atoms with Gasteiger partial charge in [-0.05, 0) is 47.2 Å². The van der Waals surface area contributed by atoms with E-state index >= 15 is 0 Å². The minimum atomic E-state index is 0.652. The van der Waals surface area contributed by atoms with Crippen LogP contribution in [0.3, 0.4) is 0 Å². The van der Waals surface area contributed by atoms with E-state index in [4.69, 9.17) is 21.1 Å². The third kappa shape index (κ3) is 5.54. The first-order valence-corrected chi connectivity index (χ1v) is 11.8. The van der Waals surface area contributed by atoms with Crippen molar-refractivity contribution in [2.75, 3.05) is 27.3 Å². The van der Waals surface area contributed by atoms with E-state index in [1.165, 1.54) is 16.7 Å². The van der Waals surface area contributed by atoms with Gasteiger partial charge in [0.05, 0.1) is 24.9 Å². The summed E-state index contributed by atoms with van der Waals surface area (Å²) >= 11 is 6.15. The molecule has 180 valence electrons. The second kappa shape index (κ2) is 10.9. The van der Waals surface area contributed by atoms with Crippen molar-refractivity contribution in [2.45, 2.75) is 32.5 Å². The lowest BCUT2D eigenvalue weighted by atomic mass is 9.99. The molecule has 0 unspecified atom stereocenters. The van der Waals surface area contributed by atoms with Gasteiger partial charge in [-0.25, -0.2) is 0 Å². The Morgan fingerprint density at radius 2 is 1.65 bits per heavy atom. The van der Waals surface area contributed by atoms with Gasteiger partial charge in [-0.15, -0.1) is 0 Å². The third-order valence-corrected chi connectivity index (χ3v) is 6.65. The molecule has 0 aliphatic carbocycles. The monoisotopic (exact) mass is 482 g/mol. The van der Waals surface area contributed by atoms with E-state index in [0.29, 0.717) is 12.3 Å². The summed E-state index contributed by atoms with van der Waals surface area (Å²) in [4.78, 5) is 14.9. The van der Waals surface area contributed by atoms with Crippen molar-refractivity contribution in [3.8, 4) is 11.5 Å². The van der Waals surface area contributed by atoms with Crippen LogP contribution in [0.4, 0.5) is 0 Å². The highest BCUT2D eigenvalue weighted by molar-refractivity contribution is 6.31. The number of aromatic nitrogens is 2. The molecule has 3 aromatic rings. The molecule has 0 spiro atoms. The molecule has 3 heterocycles. The lowest BCUT2D eigenvalue weighted by Gasteiger charge is -2.28. The van der Waals surface area contributed by atoms with E-state index in [9.17, 15) is 4.79 Å². The van der Waals surface area contributed by atoms with Crippen LogP contribution < -0.4 is 9.47 Å². The highest BCUT2D eigenvalue weighted by atomic mass is 35.5. The number of hydrogen-bond acceptors (Lipinski definition) is 5. The maximum atomic E-state index is 10.7. The van der Waals surface area contributed by atoms with E-state index in [1.807, 2.05) is 25.4 Å². The van der Waals surface area contributed by atoms with Gasteiger partial charge in [0, 0.05) is 46.0 Å². The average molecular weight is 483 g/mol. The fraction of sp³-hybridized carbons (Fsp3) is 0.385. The first-order valence-electron chi connectivity index (χ1n) is 11.4. The number of nitrogens with zero attached hydrogens (tertiary/aromatic N) is 4. The van der Waals surface area contributed by atoms with Gasteiger partial charge in [0.25, 0.3) is 0 Å². The Labute approximate surface area is 205 Å². The molecule has 0 N–H and O–H groups in total. The smallest absolute Gasteiger partial charge is 0.210 e. The van der Waals surface area contributed by atoms with E-state index in [1.54, 1.807) is 23.8 Å². The van der Waals surface area contributed by atoms with E-state index in [0.717, 1.165) is 67.5 Å². The quantitative estimate of drug-likeness (QED) is 0.517. The normalized spacial score (nSPS) is 15.0. The molecule has 0 radical (unpaired) electrons. The number of ether oxygens (including phenoxy) is 2. The van der Waals surface area contributed by atoms with Crippen LogP contribution in [-0.2, 0) is 44.3 Å². The highest BCUT2D eigenvalue weighted by Crippen LogP contribution is 2.32. The van der Waals surface area contributed by atoms with Crippen LogP contribution in [0.5, 0.6) is 11.5 Å². The first kappa shape index (κ1) is 24.1. The molecule has 2 aliphatic heterocycles. The molecular weight excluding hydrogens is 452 g/mol. The van der Waals surface area contributed by atoms with Gasteiger partial charge in [-0.1, -0.05) is 35.9 Å². The summed E-state index contributed by atoms with van der Waals surface area (Å²) in [5.74, 6) is 1.47. The fourth-order valence-electron chi connectivity index (χ4n) is 4.51. The van der Waals surface area contributed by atoms with Gasteiger partial charge in [0.2, 0.25) is 6.41 Å². The molecule has 34 heavy (non-hydrogen) atoms. The predicted molar refractivity (Wildman–Crippen MR) is 132 cm³/mol. The van der Waals surface area contributed by atoms with Crippen molar-refractivity contribution in [3.63, 3.8) is 0 Å². The summed E-state index contributed by atoms with van der Waals surface area (Å²) in [5.41, 5.74) is 6.24. The Hall–Kier alpha value is -3.03. The maximum Gasteiger partial charge on any atom is 0.210 e. The van der Waals surface area contributed by atoms with E-state index in [2.05, 4.69) is 34.3 Å². The topological polar surface area (TPSA) is 59.8 Å². The SMILES string of the molecule is COc1cc2c(cc1OC)CN(C=O)CC2.Cn1cc(Cl)c(CN2CCc3ccccc3C2)n1. The largest absolute Gasteiger partial charge is 0.493 e. The number of methoxy groups -OCH3 is 2. The number of carbonyl (C=O) groups is 1. The number of rotatable bonds is 5. The van der Waals surface area contributed by atoms with Crippen LogP contribution in [-0.4, -0.2) is 53.3 Å². The number of fused-ring (bicyclic) bond motifs is 2. The van der Waals surface area contributed by atoms with Crippen LogP contribution >= 0.6 is 11.6 Å². The molecule has 1 amide bonds. The molecule has 8 heteroatoms.